The first-order chi connectivity index (χ1) is 7.33. The van der Waals surface area contributed by atoms with Gasteiger partial charge in [0.1, 0.15) is 0 Å². The van der Waals surface area contributed by atoms with Crippen LogP contribution in [0.1, 0.15) is 18.9 Å². The van der Waals surface area contributed by atoms with Gasteiger partial charge in [-0.3, -0.25) is 4.79 Å². The lowest BCUT2D eigenvalue weighted by molar-refractivity contribution is 0.346. The van der Waals surface area contributed by atoms with Crippen molar-refractivity contribution in [1.82, 2.24) is 9.88 Å². The number of hydrogen-bond acceptors (Lipinski definition) is 3. The Labute approximate surface area is 88.9 Å². The molecule has 0 saturated carbocycles. The van der Waals surface area contributed by atoms with Crippen molar-refractivity contribution >= 4 is 0 Å². The molecule has 0 aliphatic carbocycles. The van der Waals surface area contributed by atoms with Crippen LogP contribution < -0.4 is 15.6 Å². The lowest BCUT2D eigenvalue weighted by Gasteiger charge is -2.24. The van der Waals surface area contributed by atoms with Gasteiger partial charge in [-0.2, -0.15) is 0 Å². The molecule has 82 valence electrons. The Hall–Kier alpha value is -1.29. The van der Waals surface area contributed by atoms with Crippen LogP contribution in [0.2, 0.25) is 0 Å². The smallest absolute Gasteiger partial charge is 0.293 e. The number of ether oxygens (including phenoxy) is 1. The number of aromatic nitrogens is 1. The standard InChI is InChI=1S/C11H16N2O2/c1-15-10-3-2-8-13(11(10)14)9-4-6-12-7-5-9/h2-3,8-9,12H,4-7H2,1H3. The summed E-state index contributed by atoms with van der Waals surface area (Å²) in [6.45, 7) is 1.96. The lowest BCUT2D eigenvalue weighted by Crippen LogP contribution is -2.34. The third-order valence-electron chi connectivity index (χ3n) is 2.86. The Kier molecular flexibility index (Phi) is 3.06. The number of piperidine rings is 1. The number of nitrogens with one attached hydrogen (secondary N) is 1. The monoisotopic (exact) mass is 208 g/mol. The molecule has 0 bridgehead atoms. The topological polar surface area (TPSA) is 43.3 Å². The number of nitrogens with zero attached hydrogens (tertiary/aromatic N) is 1. The molecule has 1 aromatic heterocycles. The van der Waals surface area contributed by atoms with Gasteiger partial charge < -0.3 is 14.6 Å². The van der Waals surface area contributed by atoms with Crippen LogP contribution in [0.15, 0.2) is 23.1 Å². The van der Waals surface area contributed by atoms with Crippen molar-refractivity contribution in [3.05, 3.63) is 28.7 Å². The van der Waals surface area contributed by atoms with Crippen LogP contribution in [-0.2, 0) is 0 Å². The molecule has 0 spiro atoms. The maximum atomic E-state index is 11.9. The van der Waals surface area contributed by atoms with Gasteiger partial charge >= 0.3 is 0 Å². The molecule has 1 aliphatic rings. The molecule has 0 amide bonds. The van der Waals surface area contributed by atoms with Gasteiger partial charge in [0.25, 0.3) is 5.56 Å². The molecular weight excluding hydrogens is 192 g/mol. The van der Waals surface area contributed by atoms with Crippen molar-refractivity contribution < 1.29 is 4.74 Å². The summed E-state index contributed by atoms with van der Waals surface area (Å²) >= 11 is 0. The van der Waals surface area contributed by atoms with Gasteiger partial charge in [-0.05, 0) is 38.1 Å². The molecule has 1 fully saturated rings. The number of rotatable bonds is 2. The van der Waals surface area contributed by atoms with Crippen molar-refractivity contribution in [2.45, 2.75) is 18.9 Å². The molecule has 0 unspecified atom stereocenters. The predicted molar refractivity (Wildman–Crippen MR) is 58.4 cm³/mol. The normalized spacial score (nSPS) is 17.7. The van der Waals surface area contributed by atoms with Crippen LogP contribution in [-0.4, -0.2) is 24.8 Å². The van der Waals surface area contributed by atoms with E-state index in [0.29, 0.717) is 11.8 Å². The summed E-state index contributed by atoms with van der Waals surface area (Å²) < 4.78 is 6.82. The molecule has 1 saturated heterocycles. The predicted octanol–water partition coefficient (Wildman–Crippen LogP) is 0.781. The van der Waals surface area contributed by atoms with E-state index in [9.17, 15) is 4.79 Å². The molecule has 1 N–H and O–H groups in total. The van der Waals surface area contributed by atoms with E-state index >= 15 is 0 Å². The van der Waals surface area contributed by atoms with Crippen molar-refractivity contribution in [3.63, 3.8) is 0 Å². The molecule has 1 aromatic rings. The van der Waals surface area contributed by atoms with E-state index in [1.165, 1.54) is 7.11 Å². The molecule has 1 aliphatic heterocycles. The fourth-order valence-corrected chi connectivity index (χ4v) is 2.02. The summed E-state index contributed by atoms with van der Waals surface area (Å²) in [6, 6.07) is 3.89. The van der Waals surface area contributed by atoms with Gasteiger partial charge in [0, 0.05) is 12.2 Å². The van der Waals surface area contributed by atoms with Gasteiger partial charge in [0.05, 0.1) is 7.11 Å². The maximum Gasteiger partial charge on any atom is 0.293 e. The van der Waals surface area contributed by atoms with Crippen LogP contribution in [0.3, 0.4) is 0 Å². The quantitative estimate of drug-likeness (QED) is 0.781. The molecule has 2 rings (SSSR count). The van der Waals surface area contributed by atoms with E-state index in [2.05, 4.69) is 5.32 Å². The van der Waals surface area contributed by atoms with Gasteiger partial charge in [-0.1, -0.05) is 0 Å². The molecule has 2 heterocycles. The van der Waals surface area contributed by atoms with Gasteiger partial charge in [0.2, 0.25) is 0 Å². The summed E-state index contributed by atoms with van der Waals surface area (Å²) in [5.41, 5.74) is -0.0214. The van der Waals surface area contributed by atoms with Crippen LogP contribution in [0, 0.1) is 0 Å². The average molecular weight is 208 g/mol. The zero-order valence-corrected chi connectivity index (χ0v) is 8.90. The largest absolute Gasteiger partial charge is 0.491 e. The third kappa shape index (κ3) is 2.04. The Morgan fingerprint density at radius 2 is 2.20 bits per heavy atom. The molecule has 15 heavy (non-hydrogen) atoms. The van der Waals surface area contributed by atoms with Crippen molar-refractivity contribution in [3.8, 4) is 5.75 Å². The van der Waals surface area contributed by atoms with Crippen LogP contribution in [0.4, 0.5) is 0 Å². The molecule has 4 heteroatoms. The second-order valence-corrected chi connectivity index (χ2v) is 3.77. The van der Waals surface area contributed by atoms with Gasteiger partial charge in [-0.25, -0.2) is 0 Å². The third-order valence-corrected chi connectivity index (χ3v) is 2.86. The summed E-state index contributed by atoms with van der Waals surface area (Å²) in [5.74, 6) is 0.427. The summed E-state index contributed by atoms with van der Waals surface area (Å²) in [4.78, 5) is 11.9. The minimum atomic E-state index is -0.0214. The fraction of sp³-hybridized carbons (Fsp3) is 0.545. The first kappa shape index (κ1) is 10.2. The SMILES string of the molecule is COc1cccn(C2CCNCC2)c1=O. The van der Waals surface area contributed by atoms with E-state index in [1.54, 1.807) is 10.6 Å². The number of methoxy groups -OCH3 is 1. The van der Waals surface area contributed by atoms with E-state index in [0.717, 1.165) is 25.9 Å². The Morgan fingerprint density at radius 1 is 1.47 bits per heavy atom. The zero-order chi connectivity index (χ0) is 10.7. The summed E-state index contributed by atoms with van der Waals surface area (Å²) in [6.07, 6.45) is 3.86. The Bertz CT molecular complexity index is 380. The minimum absolute atomic E-state index is 0.0214. The van der Waals surface area contributed by atoms with E-state index in [1.807, 2.05) is 12.3 Å². The molecular formula is C11H16N2O2. The minimum Gasteiger partial charge on any atom is -0.491 e. The second kappa shape index (κ2) is 4.49. The van der Waals surface area contributed by atoms with E-state index in [4.69, 9.17) is 4.74 Å². The van der Waals surface area contributed by atoms with E-state index in [-0.39, 0.29) is 5.56 Å². The highest BCUT2D eigenvalue weighted by Gasteiger charge is 2.16. The molecule has 4 nitrogen and oxygen atoms in total. The van der Waals surface area contributed by atoms with Crippen LogP contribution in [0.5, 0.6) is 5.75 Å². The summed E-state index contributed by atoms with van der Waals surface area (Å²) in [5, 5.41) is 3.29. The fourth-order valence-electron chi connectivity index (χ4n) is 2.02. The highest BCUT2D eigenvalue weighted by molar-refractivity contribution is 5.17. The molecule has 0 aromatic carbocycles. The highest BCUT2D eigenvalue weighted by atomic mass is 16.5. The highest BCUT2D eigenvalue weighted by Crippen LogP contribution is 2.17. The maximum absolute atomic E-state index is 11.9. The first-order valence-electron chi connectivity index (χ1n) is 5.29. The first-order valence-corrected chi connectivity index (χ1v) is 5.29. The second-order valence-electron chi connectivity index (χ2n) is 3.77. The summed E-state index contributed by atoms with van der Waals surface area (Å²) in [7, 11) is 1.53. The van der Waals surface area contributed by atoms with Gasteiger partial charge in [-0.15, -0.1) is 0 Å². The Balaban J connectivity index is 2.30. The molecule has 0 atom stereocenters. The molecule has 0 radical (unpaired) electrons. The van der Waals surface area contributed by atoms with Crippen molar-refractivity contribution in [1.29, 1.82) is 0 Å². The van der Waals surface area contributed by atoms with Crippen molar-refractivity contribution in [2.75, 3.05) is 20.2 Å². The zero-order valence-electron chi connectivity index (χ0n) is 8.90. The van der Waals surface area contributed by atoms with Crippen LogP contribution in [0.25, 0.3) is 0 Å². The van der Waals surface area contributed by atoms with E-state index < -0.39 is 0 Å². The lowest BCUT2D eigenvalue weighted by atomic mass is 10.1. The number of hydrogen-bond donors (Lipinski definition) is 1. The van der Waals surface area contributed by atoms with Crippen LogP contribution >= 0.6 is 0 Å². The van der Waals surface area contributed by atoms with Gasteiger partial charge in [0.15, 0.2) is 5.75 Å². The number of pyridine rings is 1. The van der Waals surface area contributed by atoms with Crippen molar-refractivity contribution in [2.24, 2.45) is 0 Å². The Morgan fingerprint density at radius 3 is 2.87 bits per heavy atom. The average Bonchev–Trinajstić information content (AvgIpc) is 2.30.